The Labute approximate surface area is 149 Å². The predicted octanol–water partition coefficient (Wildman–Crippen LogP) is 3.80. The number of esters is 1. The van der Waals surface area contributed by atoms with Crippen molar-refractivity contribution in [1.29, 1.82) is 0 Å². The fourth-order valence-corrected chi connectivity index (χ4v) is 5.83. The summed E-state index contributed by atoms with van der Waals surface area (Å²) in [6.45, 7) is 2.35. The van der Waals surface area contributed by atoms with Gasteiger partial charge in [-0.2, -0.15) is 0 Å². The van der Waals surface area contributed by atoms with Crippen LogP contribution in [-0.2, 0) is 14.3 Å². The van der Waals surface area contributed by atoms with Crippen molar-refractivity contribution >= 4 is 17.6 Å². The van der Waals surface area contributed by atoms with E-state index in [1.54, 1.807) is 4.90 Å². The van der Waals surface area contributed by atoms with E-state index in [9.17, 15) is 9.59 Å². The third-order valence-corrected chi connectivity index (χ3v) is 6.48. The van der Waals surface area contributed by atoms with Crippen LogP contribution >= 0.6 is 0 Å². The molecule has 0 aliphatic heterocycles. The fraction of sp³-hybridized carbons (Fsp3) is 0.619. The van der Waals surface area contributed by atoms with Crippen molar-refractivity contribution in [3.05, 3.63) is 30.3 Å². The molecular formula is C21H27NO3. The molecule has 0 heterocycles. The molecule has 0 spiro atoms. The van der Waals surface area contributed by atoms with Crippen molar-refractivity contribution in [2.45, 2.75) is 45.4 Å². The molecule has 4 saturated carbocycles. The van der Waals surface area contributed by atoms with E-state index in [1.807, 2.05) is 37.3 Å². The van der Waals surface area contributed by atoms with Gasteiger partial charge in [0, 0.05) is 12.2 Å². The van der Waals surface area contributed by atoms with Gasteiger partial charge < -0.3 is 9.64 Å². The van der Waals surface area contributed by atoms with E-state index in [4.69, 9.17) is 4.74 Å². The summed E-state index contributed by atoms with van der Waals surface area (Å²) in [4.78, 5) is 27.1. The molecule has 4 heteroatoms. The molecule has 1 amide bonds. The number of carbonyl (C=O) groups is 2. The molecule has 0 N–H and O–H groups in total. The largest absolute Gasteiger partial charge is 0.455 e. The Morgan fingerprint density at radius 3 is 2.12 bits per heavy atom. The number of anilines is 1. The zero-order valence-electron chi connectivity index (χ0n) is 14.9. The lowest BCUT2D eigenvalue weighted by molar-refractivity contribution is -0.172. The lowest BCUT2D eigenvalue weighted by atomic mass is 9.49. The van der Waals surface area contributed by atoms with Gasteiger partial charge in [-0.1, -0.05) is 18.2 Å². The number of amides is 1. The predicted molar refractivity (Wildman–Crippen MR) is 96.0 cm³/mol. The third-order valence-electron chi connectivity index (χ3n) is 6.48. The number of rotatable bonds is 5. The Morgan fingerprint density at radius 1 is 1.04 bits per heavy atom. The first-order chi connectivity index (χ1) is 12.1. The SMILES string of the molecule is CCN(C(=O)COC(=O)C12CC3CC(CC(C3)C1)C2)c1ccccc1. The van der Waals surface area contributed by atoms with E-state index in [-0.39, 0.29) is 23.9 Å². The Hall–Kier alpha value is -1.84. The van der Waals surface area contributed by atoms with Crippen LogP contribution in [0.3, 0.4) is 0 Å². The van der Waals surface area contributed by atoms with Gasteiger partial charge in [0.15, 0.2) is 6.61 Å². The molecule has 0 radical (unpaired) electrons. The molecule has 5 rings (SSSR count). The summed E-state index contributed by atoms with van der Waals surface area (Å²) in [7, 11) is 0. The van der Waals surface area contributed by atoms with Crippen molar-refractivity contribution in [3.8, 4) is 0 Å². The Morgan fingerprint density at radius 2 is 1.60 bits per heavy atom. The maximum Gasteiger partial charge on any atom is 0.312 e. The van der Waals surface area contributed by atoms with Crippen molar-refractivity contribution in [1.82, 2.24) is 0 Å². The molecule has 25 heavy (non-hydrogen) atoms. The summed E-state index contributed by atoms with van der Waals surface area (Å²) < 4.78 is 5.56. The highest BCUT2D eigenvalue weighted by atomic mass is 16.5. The molecule has 1 aromatic carbocycles. The zero-order chi connectivity index (χ0) is 17.4. The third kappa shape index (κ3) is 3.07. The average Bonchev–Trinajstić information content (AvgIpc) is 2.60. The highest BCUT2D eigenvalue weighted by molar-refractivity contribution is 5.95. The maximum absolute atomic E-state index is 12.9. The van der Waals surface area contributed by atoms with Gasteiger partial charge >= 0.3 is 5.97 Å². The summed E-state index contributed by atoms with van der Waals surface area (Å²) in [6, 6.07) is 9.55. The molecule has 4 bridgehead atoms. The lowest BCUT2D eigenvalue weighted by Crippen LogP contribution is -2.51. The van der Waals surface area contributed by atoms with Crippen LogP contribution in [0.5, 0.6) is 0 Å². The molecule has 0 saturated heterocycles. The molecule has 4 nitrogen and oxygen atoms in total. The minimum Gasteiger partial charge on any atom is -0.455 e. The van der Waals surface area contributed by atoms with Crippen molar-refractivity contribution in [3.63, 3.8) is 0 Å². The van der Waals surface area contributed by atoms with Crippen LogP contribution in [0.25, 0.3) is 0 Å². The topological polar surface area (TPSA) is 46.6 Å². The van der Waals surface area contributed by atoms with Crippen molar-refractivity contribution in [2.24, 2.45) is 23.2 Å². The first-order valence-corrected chi connectivity index (χ1v) is 9.62. The van der Waals surface area contributed by atoms with Crippen LogP contribution < -0.4 is 4.90 Å². The van der Waals surface area contributed by atoms with Crippen molar-refractivity contribution < 1.29 is 14.3 Å². The van der Waals surface area contributed by atoms with Crippen molar-refractivity contribution in [2.75, 3.05) is 18.1 Å². The molecule has 4 fully saturated rings. The van der Waals surface area contributed by atoms with Gasteiger partial charge in [-0.15, -0.1) is 0 Å². The van der Waals surface area contributed by atoms with E-state index in [0.29, 0.717) is 24.3 Å². The van der Waals surface area contributed by atoms with Crippen LogP contribution in [0.2, 0.25) is 0 Å². The van der Waals surface area contributed by atoms with Gasteiger partial charge in [0.25, 0.3) is 5.91 Å². The summed E-state index contributed by atoms with van der Waals surface area (Å²) in [6.07, 6.45) is 6.81. The van der Waals surface area contributed by atoms with Gasteiger partial charge in [-0.3, -0.25) is 9.59 Å². The number of carbonyl (C=O) groups excluding carboxylic acids is 2. The minimum atomic E-state index is -0.293. The van der Waals surface area contributed by atoms with E-state index >= 15 is 0 Å². The van der Waals surface area contributed by atoms with Crippen LogP contribution in [0.1, 0.15) is 45.4 Å². The number of likely N-dealkylation sites (N-methyl/N-ethyl adjacent to an activating group) is 1. The fourth-order valence-electron chi connectivity index (χ4n) is 5.83. The number of nitrogens with zero attached hydrogens (tertiary/aromatic N) is 1. The van der Waals surface area contributed by atoms with Gasteiger partial charge in [0.2, 0.25) is 0 Å². The van der Waals surface area contributed by atoms with E-state index in [0.717, 1.165) is 24.9 Å². The molecule has 0 unspecified atom stereocenters. The summed E-state index contributed by atoms with van der Waals surface area (Å²) >= 11 is 0. The molecule has 0 aromatic heterocycles. The quantitative estimate of drug-likeness (QED) is 0.765. The number of hydrogen-bond acceptors (Lipinski definition) is 3. The van der Waals surface area contributed by atoms with E-state index in [1.165, 1.54) is 19.3 Å². The van der Waals surface area contributed by atoms with E-state index < -0.39 is 0 Å². The molecule has 1 aromatic rings. The van der Waals surface area contributed by atoms with Crippen LogP contribution in [-0.4, -0.2) is 25.0 Å². The number of para-hydroxylation sites is 1. The average molecular weight is 341 g/mol. The van der Waals surface area contributed by atoms with Gasteiger partial charge in [-0.05, 0) is 75.3 Å². The minimum absolute atomic E-state index is 0.121. The summed E-state index contributed by atoms with van der Waals surface area (Å²) in [5.41, 5.74) is 0.555. The molecule has 4 aliphatic carbocycles. The van der Waals surface area contributed by atoms with Gasteiger partial charge in [0.05, 0.1) is 5.41 Å². The van der Waals surface area contributed by atoms with E-state index in [2.05, 4.69) is 0 Å². The lowest BCUT2D eigenvalue weighted by Gasteiger charge is -2.55. The molecule has 4 aliphatic rings. The van der Waals surface area contributed by atoms with Gasteiger partial charge in [-0.25, -0.2) is 0 Å². The second kappa shape index (κ2) is 6.47. The van der Waals surface area contributed by atoms with Crippen LogP contribution in [0.4, 0.5) is 5.69 Å². The summed E-state index contributed by atoms with van der Waals surface area (Å²) in [5, 5.41) is 0. The molecule has 0 atom stereocenters. The normalized spacial score (nSPS) is 32.4. The Balaban J connectivity index is 1.39. The first-order valence-electron chi connectivity index (χ1n) is 9.62. The second-order valence-electron chi connectivity index (χ2n) is 8.25. The number of benzene rings is 1. The Kier molecular flexibility index (Phi) is 4.30. The molecular weight excluding hydrogens is 314 g/mol. The van der Waals surface area contributed by atoms with Crippen LogP contribution in [0.15, 0.2) is 30.3 Å². The Bertz CT molecular complexity index is 619. The highest BCUT2D eigenvalue weighted by Gasteiger charge is 2.55. The second-order valence-corrected chi connectivity index (χ2v) is 8.25. The monoisotopic (exact) mass is 341 g/mol. The highest BCUT2D eigenvalue weighted by Crippen LogP contribution is 2.60. The standard InChI is InChI=1S/C21H27NO3/c1-2-22(18-6-4-3-5-7-18)19(23)14-25-20(24)21-11-15-8-16(12-21)10-17(9-15)13-21/h3-7,15-17H,2,8-14H2,1H3. The smallest absolute Gasteiger partial charge is 0.312 e. The van der Waals surface area contributed by atoms with Gasteiger partial charge in [0.1, 0.15) is 0 Å². The number of hydrogen-bond donors (Lipinski definition) is 0. The zero-order valence-corrected chi connectivity index (χ0v) is 14.9. The summed E-state index contributed by atoms with van der Waals surface area (Å²) in [5.74, 6) is 1.83. The number of ether oxygens (including phenoxy) is 1. The van der Waals surface area contributed by atoms with Crippen LogP contribution in [0, 0.1) is 23.2 Å². The first kappa shape index (κ1) is 16.6. The maximum atomic E-state index is 12.9. The molecule has 134 valence electrons.